The quantitative estimate of drug-likeness (QED) is 0.195. The number of nitrogens with zero attached hydrogens (tertiary/aromatic N) is 3. The Morgan fingerprint density at radius 2 is 1.86 bits per heavy atom. The van der Waals surface area contributed by atoms with E-state index in [1.165, 1.54) is 0 Å². The van der Waals surface area contributed by atoms with Gasteiger partial charge in [0, 0.05) is 36.2 Å². The number of Topliss-reactive ketones (excluding diaryl/α,β-unsaturated/α-hetero) is 1. The molecule has 7 nitrogen and oxygen atoms in total. The monoisotopic (exact) mass is 401 g/mol. The number of hydrogen-bond acceptors (Lipinski definition) is 4. The number of rotatable bonds is 11. The van der Waals surface area contributed by atoms with Gasteiger partial charge in [-0.15, -0.1) is 0 Å². The van der Waals surface area contributed by atoms with E-state index in [1.807, 2.05) is 23.9 Å². The highest BCUT2D eigenvalue weighted by Crippen LogP contribution is 2.33. The number of hydrogen-bond donors (Lipinski definition) is 2. The Morgan fingerprint density at radius 1 is 1.14 bits per heavy atom. The van der Waals surface area contributed by atoms with E-state index in [0.717, 1.165) is 43.4 Å². The Balaban J connectivity index is 1.25. The molecule has 0 bridgehead atoms. The smallest absolute Gasteiger partial charge is 0.315 e. The molecule has 0 spiro atoms. The van der Waals surface area contributed by atoms with Crippen LogP contribution in [0.2, 0.25) is 0 Å². The third-order valence-electron chi connectivity index (χ3n) is 5.39. The van der Waals surface area contributed by atoms with Gasteiger partial charge in [-0.25, -0.2) is 4.79 Å². The van der Waals surface area contributed by atoms with Crippen molar-refractivity contribution in [3.63, 3.8) is 0 Å². The van der Waals surface area contributed by atoms with Crippen molar-refractivity contribution in [3.05, 3.63) is 35.6 Å². The average molecular weight is 402 g/mol. The molecule has 2 N–H and O–H groups in total. The lowest BCUT2D eigenvalue weighted by atomic mass is 10.0. The second-order valence-electron chi connectivity index (χ2n) is 7.40. The van der Waals surface area contributed by atoms with E-state index < -0.39 is 0 Å². The van der Waals surface area contributed by atoms with Crippen molar-refractivity contribution in [1.82, 2.24) is 15.6 Å². The molecule has 2 fully saturated rings. The minimum Gasteiger partial charge on any atom is -0.361 e. The maximum atomic E-state index is 12.1. The fourth-order valence-corrected chi connectivity index (χ4v) is 5.39. The number of nitrogens with one attached hydrogen (secondary N) is 2. The summed E-state index contributed by atoms with van der Waals surface area (Å²) in [5, 5.41) is 6.42. The second-order valence-corrected chi connectivity index (χ2v) is 8.67. The van der Waals surface area contributed by atoms with Gasteiger partial charge >= 0.3 is 6.03 Å². The van der Waals surface area contributed by atoms with Crippen molar-refractivity contribution < 1.29 is 14.4 Å². The lowest BCUT2D eigenvalue weighted by molar-refractivity contribution is -0.119. The van der Waals surface area contributed by atoms with Gasteiger partial charge in [0.05, 0.1) is 24.1 Å². The summed E-state index contributed by atoms with van der Waals surface area (Å²) < 4.78 is 0. The van der Waals surface area contributed by atoms with Gasteiger partial charge < -0.3 is 16.2 Å². The van der Waals surface area contributed by atoms with Crippen LogP contribution in [0.5, 0.6) is 0 Å². The van der Waals surface area contributed by atoms with Gasteiger partial charge in [-0.05, 0) is 37.8 Å². The van der Waals surface area contributed by atoms with Crippen LogP contribution in [-0.2, 0) is 4.79 Å². The van der Waals surface area contributed by atoms with Crippen molar-refractivity contribution >= 4 is 29.3 Å². The number of carbonyl (C=O) groups is 2. The van der Waals surface area contributed by atoms with Crippen molar-refractivity contribution in [2.45, 2.75) is 68.7 Å². The van der Waals surface area contributed by atoms with E-state index in [-0.39, 0.29) is 18.1 Å². The van der Waals surface area contributed by atoms with Crippen LogP contribution in [0.25, 0.3) is 5.53 Å². The van der Waals surface area contributed by atoms with Crippen LogP contribution in [0.15, 0.2) is 24.5 Å². The molecule has 3 atom stereocenters. The highest BCUT2D eigenvalue weighted by molar-refractivity contribution is 8.00. The van der Waals surface area contributed by atoms with Crippen molar-refractivity contribution in [2.75, 3.05) is 5.75 Å². The number of urea groups is 1. The summed E-state index contributed by atoms with van der Waals surface area (Å²) >= 11 is 1.92. The zero-order valence-corrected chi connectivity index (χ0v) is 16.8. The number of ketones is 1. The van der Waals surface area contributed by atoms with Crippen LogP contribution in [0, 0.1) is 0 Å². The lowest BCUT2D eigenvalue weighted by Gasteiger charge is -2.16. The zero-order chi connectivity index (χ0) is 19.8. The first-order chi connectivity index (χ1) is 13.7. The van der Waals surface area contributed by atoms with E-state index in [4.69, 9.17) is 5.53 Å². The van der Waals surface area contributed by atoms with Gasteiger partial charge in [-0.1, -0.05) is 6.42 Å². The average Bonchev–Trinajstić information content (AvgIpc) is 3.25. The Hall–Kier alpha value is -2.18. The Morgan fingerprint density at radius 3 is 2.61 bits per heavy atom. The first-order valence-corrected chi connectivity index (χ1v) is 11.0. The van der Waals surface area contributed by atoms with Crippen LogP contribution >= 0.6 is 11.8 Å². The van der Waals surface area contributed by atoms with Crippen LogP contribution in [0.3, 0.4) is 0 Å². The largest absolute Gasteiger partial charge is 0.361 e. The molecule has 0 aliphatic carbocycles. The van der Waals surface area contributed by atoms with E-state index >= 15 is 0 Å². The minimum absolute atomic E-state index is 0.0474. The molecule has 0 aromatic carbocycles. The molecule has 28 heavy (non-hydrogen) atoms. The first-order valence-electron chi connectivity index (χ1n) is 9.99. The molecule has 1 aromatic rings. The van der Waals surface area contributed by atoms with Crippen molar-refractivity contribution in [1.29, 1.82) is 0 Å². The Bertz CT molecular complexity index is 735. The highest BCUT2D eigenvalue weighted by atomic mass is 32.2. The molecular weight excluding hydrogens is 374 g/mol. The number of amides is 2. The molecule has 3 rings (SSSR count). The molecule has 150 valence electrons. The highest BCUT2D eigenvalue weighted by Gasteiger charge is 2.42. The topological polar surface area (TPSA) is 107 Å². The fourth-order valence-electron chi connectivity index (χ4n) is 3.85. The Labute approximate surface area is 169 Å². The first kappa shape index (κ1) is 20.6. The molecule has 2 aliphatic rings. The lowest BCUT2D eigenvalue weighted by Crippen LogP contribution is -2.36. The molecule has 8 heteroatoms. The maximum Gasteiger partial charge on any atom is 0.315 e. The molecule has 3 unspecified atom stereocenters. The summed E-state index contributed by atoms with van der Waals surface area (Å²) in [6, 6.07) is 4.10. The van der Waals surface area contributed by atoms with Gasteiger partial charge in [0.15, 0.2) is 0 Å². The van der Waals surface area contributed by atoms with Gasteiger partial charge in [0.2, 0.25) is 0 Å². The Kier molecular flexibility index (Phi) is 7.62. The number of unbranched alkanes of at least 4 members (excludes halogenated alkanes) is 2. The van der Waals surface area contributed by atoms with E-state index in [2.05, 4.69) is 20.4 Å². The van der Waals surface area contributed by atoms with E-state index in [9.17, 15) is 9.59 Å². The maximum absolute atomic E-state index is 12.1. The molecule has 2 aliphatic heterocycles. The third kappa shape index (κ3) is 5.66. The fraction of sp³-hybridized carbons (Fsp3) is 0.600. The summed E-state index contributed by atoms with van der Waals surface area (Å²) in [4.78, 5) is 30.8. The number of carbonyl (C=O) groups excluding carboxylic acids is 2. The molecule has 0 radical (unpaired) electrons. The van der Waals surface area contributed by atoms with Crippen LogP contribution < -0.4 is 10.6 Å². The summed E-state index contributed by atoms with van der Waals surface area (Å²) in [6.07, 6.45) is 9.81. The van der Waals surface area contributed by atoms with Crippen molar-refractivity contribution in [2.24, 2.45) is 0 Å². The summed E-state index contributed by atoms with van der Waals surface area (Å²) in [7, 11) is 0. The number of fused-ring (bicyclic) bond motifs is 1. The summed E-state index contributed by atoms with van der Waals surface area (Å²) in [5.74, 6) is 1.28. The molecular formula is C20H27N5O2S. The summed E-state index contributed by atoms with van der Waals surface area (Å²) in [5.41, 5.74) is 10.7. The van der Waals surface area contributed by atoms with Gasteiger partial charge in [0.1, 0.15) is 5.78 Å². The second kappa shape index (κ2) is 10.4. The predicted molar refractivity (Wildman–Crippen MR) is 109 cm³/mol. The van der Waals surface area contributed by atoms with Crippen molar-refractivity contribution in [3.8, 4) is 0 Å². The number of pyridine rings is 1. The normalized spacial score (nSPS) is 22.9. The molecule has 0 saturated carbocycles. The van der Waals surface area contributed by atoms with Crippen LogP contribution in [0.4, 0.5) is 4.79 Å². The number of aromatic nitrogens is 1. The van der Waals surface area contributed by atoms with Crippen LogP contribution in [0.1, 0.15) is 56.9 Å². The molecule has 2 saturated heterocycles. The third-order valence-corrected chi connectivity index (χ3v) is 6.89. The van der Waals surface area contributed by atoms with Gasteiger partial charge in [0.25, 0.3) is 5.71 Å². The minimum atomic E-state index is -0.0474. The van der Waals surface area contributed by atoms with Gasteiger partial charge in [-0.2, -0.15) is 16.6 Å². The van der Waals surface area contributed by atoms with Crippen LogP contribution in [-0.4, -0.2) is 50.4 Å². The standard InChI is InChI=1S/C20H27N5O2S/c21-25-16(14-9-11-22-12-10-14)7-3-1-5-15(26)6-2-4-8-18-19-17(13-28-18)23-20(27)24-19/h9-12,17-19H,1-8,13H2,(H2,23,24,27). The van der Waals surface area contributed by atoms with E-state index in [1.54, 1.807) is 12.4 Å². The SMILES string of the molecule is [N-]=[N+]=C(CCCCC(=O)CCCCC1SCC2NC(=O)NC21)c1ccncc1. The summed E-state index contributed by atoms with van der Waals surface area (Å²) in [6.45, 7) is 0. The molecule has 3 heterocycles. The molecule has 2 amide bonds. The molecule has 1 aromatic heterocycles. The van der Waals surface area contributed by atoms with Gasteiger partial charge in [-0.3, -0.25) is 9.78 Å². The number of thioether (sulfide) groups is 1. The predicted octanol–water partition coefficient (Wildman–Crippen LogP) is 2.96. The zero-order valence-electron chi connectivity index (χ0n) is 16.0. The van der Waals surface area contributed by atoms with E-state index in [0.29, 0.717) is 36.0 Å².